The number of hydrogen-bond donors (Lipinski definition) is 1. The van der Waals surface area contributed by atoms with Gasteiger partial charge in [-0.15, -0.1) is 13.2 Å². The molecule has 0 radical (unpaired) electrons. The van der Waals surface area contributed by atoms with E-state index in [1.165, 1.54) is 24.3 Å². The van der Waals surface area contributed by atoms with Gasteiger partial charge >= 0.3 is 6.36 Å². The van der Waals surface area contributed by atoms with Gasteiger partial charge in [-0.2, -0.15) is 0 Å². The van der Waals surface area contributed by atoms with Crippen LogP contribution < -0.4 is 9.47 Å². The van der Waals surface area contributed by atoms with E-state index in [4.69, 9.17) is 4.74 Å². The highest BCUT2D eigenvalue weighted by Crippen LogP contribution is 2.50. The topological polar surface area (TPSA) is 41.9 Å². The summed E-state index contributed by atoms with van der Waals surface area (Å²) in [5.74, 6) is 0.994. The summed E-state index contributed by atoms with van der Waals surface area (Å²) in [6.45, 7) is 3.45. The maximum atomic E-state index is 12.6. The first-order valence-electron chi connectivity index (χ1n) is 10.7. The number of rotatable bonds is 6. The van der Waals surface area contributed by atoms with E-state index < -0.39 is 17.4 Å². The van der Waals surface area contributed by atoms with Crippen LogP contribution in [0.25, 0.3) is 0 Å². The minimum Gasteiger partial charge on any atom is -0.457 e. The van der Waals surface area contributed by atoms with Crippen LogP contribution in [-0.2, 0) is 5.60 Å². The Labute approximate surface area is 191 Å². The molecule has 2 atom stereocenters. The lowest BCUT2D eigenvalue weighted by atomic mass is 9.65. The van der Waals surface area contributed by atoms with Gasteiger partial charge < -0.3 is 19.5 Å². The summed E-state index contributed by atoms with van der Waals surface area (Å²) in [6, 6.07) is 22.0. The first-order valence-corrected chi connectivity index (χ1v) is 10.7. The molecule has 0 bridgehead atoms. The Morgan fingerprint density at radius 2 is 1.33 bits per heavy atom. The average Bonchev–Trinajstić information content (AvgIpc) is 3.14. The molecule has 0 amide bonds. The molecular formula is C26H26F3NO3. The summed E-state index contributed by atoms with van der Waals surface area (Å²) in [5.41, 5.74) is -0.841. The van der Waals surface area contributed by atoms with E-state index in [2.05, 4.69) is 9.64 Å². The van der Waals surface area contributed by atoms with E-state index in [0.29, 0.717) is 29.2 Å². The maximum Gasteiger partial charge on any atom is 0.573 e. The number of para-hydroxylation sites is 1. The molecule has 0 spiro atoms. The van der Waals surface area contributed by atoms with Crippen LogP contribution in [0.15, 0.2) is 78.9 Å². The molecule has 4 nitrogen and oxygen atoms in total. The molecule has 1 heterocycles. The second-order valence-electron chi connectivity index (χ2n) is 8.77. The van der Waals surface area contributed by atoms with Gasteiger partial charge in [0, 0.05) is 12.0 Å². The number of ether oxygens (including phenoxy) is 2. The van der Waals surface area contributed by atoms with Gasteiger partial charge in [0.15, 0.2) is 0 Å². The van der Waals surface area contributed by atoms with E-state index in [0.717, 1.165) is 13.0 Å². The number of aliphatic hydroxyl groups is 1. The molecule has 1 N–H and O–H groups in total. The Hall–Kier alpha value is -3.03. The third kappa shape index (κ3) is 4.84. The van der Waals surface area contributed by atoms with Crippen LogP contribution in [0.2, 0.25) is 0 Å². The van der Waals surface area contributed by atoms with Crippen molar-refractivity contribution in [2.24, 2.45) is 5.41 Å². The van der Waals surface area contributed by atoms with Crippen molar-refractivity contribution >= 4 is 0 Å². The molecular weight excluding hydrogens is 431 g/mol. The molecule has 33 heavy (non-hydrogen) atoms. The molecule has 0 aromatic heterocycles. The van der Waals surface area contributed by atoms with Gasteiger partial charge in [-0.1, -0.05) is 49.4 Å². The second-order valence-corrected chi connectivity index (χ2v) is 8.77. The third-order valence-electron chi connectivity index (χ3n) is 6.29. The van der Waals surface area contributed by atoms with Crippen molar-refractivity contribution in [2.75, 3.05) is 20.1 Å². The predicted octanol–water partition coefficient (Wildman–Crippen LogP) is 5.96. The van der Waals surface area contributed by atoms with Gasteiger partial charge in [0.1, 0.15) is 22.8 Å². The Bertz CT molecular complexity index is 1070. The first kappa shape index (κ1) is 23.1. The van der Waals surface area contributed by atoms with E-state index in [-0.39, 0.29) is 5.75 Å². The third-order valence-corrected chi connectivity index (χ3v) is 6.29. The van der Waals surface area contributed by atoms with Crippen molar-refractivity contribution in [1.82, 2.24) is 4.90 Å². The zero-order valence-electron chi connectivity index (χ0n) is 18.5. The minimum absolute atomic E-state index is 0.325. The monoisotopic (exact) mass is 457 g/mol. The fraction of sp³-hybridized carbons (Fsp3) is 0.308. The van der Waals surface area contributed by atoms with Gasteiger partial charge in [0.25, 0.3) is 0 Å². The number of hydrogen-bond acceptors (Lipinski definition) is 4. The van der Waals surface area contributed by atoms with Crippen LogP contribution in [0.3, 0.4) is 0 Å². The molecule has 1 aliphatic heterocycles. The standard InChI is InChI=1S/C26H26F3NO3/c1-24(16-17-30(2)18-24)25(31,20-10-14-23(15-11-20)33-26(27,28)29)19-8-12-22(13-9-19)32-21-6-4-3-5-7-21/h3-15,31H,16-18H2,1-2H3. The molecule has 0 saturated carbocycles. The molecule has 2 unspecified atom stereocenters. The van der Waals surface area contributed by atoms with Crippen molar-refractivity contribution < 1.29 is 27.8 Å². The highest BCUT2D eigenvalue weighted by atomic mass is 19.4. The highest BCUT2D eigenvalue weighted by Gasteiger charge is 2.52. The molecule has 1 aliphatic rings. The number of benzene rings is 3. The highest BCUT2D eigenvalue weighted by molar-refractivity contribution is 5.44. The summed E-state index contributed by atoms with van der Waals surface area (Å²) in [7, 11) is 1.99. The smallest absolute Gasteiger partial charge is 0.457 e. The SMILES string of the molecule is CN1CCC(C)(C(O)(c2ccc(Oc3ccccc3)cc2)c2ccc(OC(F)(F)F)cc2)C1. The van der Waals surface area contributed by atoms with E-state index in [1.54, 1.807) is 12.1 Å². The normalized spacial score (nSPS) is 20.9. The Morgan fingerprint density at radius 1 is 0.818 bits per heavy atom. The number of halogens is 3. The van der Waals surface area contributed by atoms with Crippen molar-refractivity contribution in [3.05, 3.63) is 90.0 Å². The lowest BCUT2D eigenvalue weighted by molar-refractivity contribution is -0.274. The van der Waals surface area contributed by atoms with Crippen LogP contribution in [0.5, 0.6) is 17.2 Å². The Balaban J connectivity index is 1.69. The zero-order valence-corrected chi connectivity index (χ0v) is 18.5. The average molecular weight is 457 g/mol. The Morgan fingerprint density at radius 3 is 1.82 bits per heavy atom. The quantitative estimate of drug-likeness (QED) is 0.496. The molecule has 1 saturated heterocycles. The van der Waals surface area contributed by atoms with E-state index >= 15 is 0 Å². The van der Waals surface area contributed by atoms with Crippen LogP contribution >= 0.6 is 0 Å². The molecule has 174 valence electrons. The lowest BCUT2D eigenvalue weighted by Gasteiger charge is -2.43. The summed E-state index contributed by atoms with van der Waals surface area (Å²) < 4.78 is 47.7. The van der Waals surface area contributed by atoms with Crippen molar-refractivity contribution in [3.63, 3.8) is 0 Å². The molecule has 7 heteroatoms. The van der Waals surface area contributed by atoms with Crippen molar-refractivity contribution in [1.29, 1.82) is 0 Å². The zero-order chi connectivity index (χ0) is 23.7. The van der Waals surface area contributed by atoms with Gasteiger partial charge in [-0.25, -0.2) is 0 Å². The maximum absolute atomic E-state index is 12.6. The lowest BCUT2D eigenvalue weighted by Crippen LogP contribution is -2.46. The summed E-state index contributed by atoms with van der Waals surface area (Å²) in [5, 5.41) is 12.2. The van der Waals surface area contributed by atoms with Crippen LogP contribution in [-0.4, -0.2) is 36.5 Å². The molecule has 1 fully saturated rings. The fourth-order valence-corrected chi connectivity index (χ4v) is 4.64. The van der Waals surface area contributed by atoms with E-state index in [9.17, 15) is 18.3 Å². The van der Waals surface area contributed by atoms with Gasteiger partial charge in [0.05, 0.1) is 0 Å². The van der Waals surface area contributed by atoms with Crippen LogP contribution in [0.1, 0.15) is 24.5 Å². The molecule has 0 aliphatic carbocycles. The predicted molar refractivity (Wildman–Crippen MR) is 119 cm³/mol. The molecule has 4 rings (SSSR count). The Kier molecular flexibility index (Phi) is 6.12. The first-order chi connectivity index (χ1) is 15.6. The molecule has 3 aromatic rings. The van der Waals surface area contributed by atoms with Gasteiger partial charge in [0.2, 0.25) is 0 Å². The molecule has 3 aromatic carbocycles. The summed E-state index contributed by atoms with van der Waals surface area (Å²) in [4.78, 5) is 2.14. The number of alkyl halides is 3. The second kappa shape index (κ2) is 8.72. The summed E-state index contributed by atoms with van der Waals surface area (Å²) >= 11 is 0. The summed E-state index contributed by atoms with van der Waals surface area (Å²) in [6.07, 6.45) is -4.05. The fourth-order valence-electron chi connectivity index (χ4n) is 4.64. The van der Waals surface area contributed by atoms with Crippen LogP contribution in [0.4, 0.5) is 13.2 Å². The van der Waals surface area contributed by atoms with Crippen molar-refractivity contribution in [3.8, 4) is 17.2 Å². The number of nitrogens with zero attached hydrogens (tertiary/aromatic N) is 1. The van der Waals surface area contributed by atoms with Gasteiger partial charge in [-0.05, 0) is 67.5 Å². The van der Waals surface area contributed by atoms with Crippen molar-refractivity contribution in [2.45, 2.75) is 25.3 Å². The van der Waals surface area contributed by atoms with Gasteiger partial charge in [-0.3, -0.25) is 0 Å². The van der Waals surface area contributed by atoms with E-state index in [1.807, 2.05) is 56.4 Å². The largest absolute Gasteiger partial charge is 0.573 e. The minimum atomic E-state index is -4.77. The van der Waals surface area contributed by atoms with Crippen LogP contribution in [0, 0.1) is 5.41 Å². The number of likely N-dealkylation sites (tertiary alicyclic amines) is 1.